The summed E-state index contributed by atoms with van der Waals surface area (Å²) in [5.41, 5.74) is 3.55. The van der Waals surface area contributed by atoms with Crippen LogP contribution in [0, 0.1) is 13.8 Å². The lowest BCUT2D eigenvalue weighted by molar-refractivity contribution is -0.128. The largest absolute Gasteiger partial charge is 0.481 e. The smallest absolute Gasteiger partial charge is 0.261 e. The highest BCUT2D eigenvalue weighted by atomic mass is 35.5. The van der Waals surface area contributed by atoms with Crippen molar-refractivity contribution in [3.63, 3.8) is 0 Å². The zero-order valence-corrected chi connectivity index (χ0v) is 15.4. The fraction of sp³-hybridized carbons (Fsp3) is 0.350. The number of hydrogen-bond donors (Lipinski definition) is 1. The van der Waals surface area contributed by atoms with Gasteiger partial charge in [-0.1, -0.05) is 42.8 Å². The Hall–Kier alpha value is -2.00. The van der Waals surface area contributed by atoms with E-state index in [0.717, 1.165) is 5.56 Å². The van der Waals surface area contributed by atoms with E-state index in [4.69, 9.17) is 16.3 Å². The lowest BCUT2D eigenvalue weighted by atomic mass is 10.0. The van der Waals surface area contributed by atoms with Crippen LogP contribution in [-0.2, 0) is 4.79 Å². The molecule has 0 aliphatic rings. The molecule has 0 heterocycles. The molecule has 2 aromatic rings. The van der Waals surface area contributed by atoms with Crippen molar-refractivity contribution >= 4 is 17.5 Å². The predicted octanol–water partition coefficient (Wildman–Crippen LogP) is 4.99. The third-order valence-corrected chi connectivity index (χ3v) is 4.36. The van der Waals surface area contributed by atoms with E-state index < -0.39 is 6.10 Å². The molecule has 128 valence electrons. The molecule has 1 N–H and O–H groups in total. The highest BCUT2D eigenvalue weighted by Gasteiger charge is 2.21. The number of amides is 1. The van der Waals surface area contributed by atoms with Gasteiger partial charge >= 0.3 is 0 Å². The van der Waals surface area contributed by atoms with Crippen molar-refractivity contribution in [3.8, 4) is 5.75 Å². The van der Waals surface area contributed by atoms with E-state index in [0.29, 0.717) is 17.2 Å². The lowest BCUT2D eigenvalue weighted by Crippen LogP contribution is -2.39. The fourth-order valence-electron chi connectivity index (χ4n) is 2.45. The molecule has 0 saturated carbocycles. The molecule has 2 atom stereocenters. The Morgan fingerprint density at radius 1 is 1.17 bits per heavy atom. The van der Waals surface area contributed by atoms with Crippen LogP contribution in [0.5, 0.6) is 5.75 Å². The molecule has 1 amide bonds. The van der Waals surface area contributed by atoms with Crippen LogP contribution in [0.15, 0.2) is 42.5 Å². The molecule has 0 unspecified atom stereocenters. The molecule has 0 saturated heterocycles. The molecule has 0 radical (unpaired) electrons. The molecule has 0 aliphatic heterocycles. The molecule has 0 spiro atoms. The van der Waals surface area contributed by atoms with Gasteiger partial charge in [-0.15, -0.1) is 0 Å². The molecule has 0 fully saturated rings. The van der Waals surface area contributed by atoms with Crippen LogP contribution in [0.25, 0.3) is 0 Å². The number of ether oxygens (including phenoxy) is 1. The summed E-state index contributed by atoms with van der Waals surface area (Å²) in [7, 11) is 0. The van der Waals surface area contributed by atoms with Crippen LogP contribution in [-0.4, -0.2) is 12.0 Å². The van der Waals surface area contributed by atoms with Gasteiger partial charge in [-0.2, -0.15) is 0 Å². The second-order valence-corrected chi connectivity index (χ2v) is 6.48. The lowest BCUT2D eigenvalue weighted by Gasteiger charge is -2.21. The Labute approximate surface area is 149 Å². The van der Waals surface area contributed by atoms with Crippen LogP contribution in [0.4, 0.5) is 0 Å². The first-order valence-electron chi connectivity index (χ1n) is 8.20. The number of hydrogen-bond acceptors (Lipinski definition) is 2. The van der Waals surface area contributed by atoms with Gasteiger partial charge in [0.25, 0.3) is 5.91 Å². The first-order chi connectivity index (χ1) is 11.4. The second kappa shape index (κ2) is 8.20. The minimum atomic E-state index is -0.544. The summed E-state index contributed by atoms with van der Waals surface area (Å²) in [6, 6.07) is 13.3. The number of nitrogens with one attached hydrogen (secondary N) is 1. The van der Waals surface area contributed by atoms with E-state index in [1.165, 1.54) is 11.1 Å². The Morgan fingerprint density at radius 3 is 2.54 bits per heavy atom. The zero-order chi connectivity index (χ0) is 17.7. The van der Waals surface area contributed by atoms with Gasteiger partial charge in [0.2, 0.25) is 0 Å². The summed E-state index contributed by atoms with van der Waals surface area (Å²) in [5, 5.41) is 3.62. The highest BCUT2D eigenvalue weighted by molar-refractivity contribution is 6.30. The van der Waals surface area contributed by atoms with Crippen LogP contribution in [0.3, 0.4) is 0 Å². The maximum atomic E-state index is 12.5. The summed E-state index contributed by atoms with van der Waals surface area (Å²) in [6.45, 7) is 8.06. The molecule has 24 heavy (non-hydrogen) atoms. The highest BCUT2D eigenvalue weighted by Crippen LogP contribution is 2.20. The quantitative estimate of drug-likeness (QED) is 0.800. The molecule has 2 aromatic carbocycles. The molecule has 3 nitrogen and oxygen atoms in total. The van der Waals surface area contributed by atoms with Gasteiger partial charge in [-0.05, 0) is 62.1 Å². The number of rotatable bonds is 6. The average molecular weight is 346 g/mol. The number of aryl methyl sites for hydroxylation is 2. The maximum Gasteiger partial charge on any atom is 0.261 e. The van der Waals surface area contributed by atoms with Gasteiger partial charge in [0.05, 0.1) is 6.04 Å². The standard InChI is InChI=1S/C20H24ClNO2/c1-5-19(24-18-8-6-7-17(21)12-18)20(23)22-15(4)16-10-9-13(2)14(3)11-16/h6-12,15,19H,5H2,1-4H3,(H,22,23)/t15-,19+/m1/s1. The molecule has 2 rings (SSSR count). The van der Waals surface area contributed by atoms with E-state index in [1.54, 1.807) is 24.3 Å². The van der Waals surface area contributed by atoms with Crippen LogP contribution < -0.4 is 10.1 Å². The van der Waals surface area contributed by atoms with Gasteiger partial charge in [-0.25, -0.2) is 0 Å². The molecule has 0 aromatic heterocycles. The number of halogens is 1. The van der Waals surface area contributed by atoms with Crippen LogP contribution in [0.2, 0.25) is 5.02 Å². The minimum Gasteiger partial charge on any atom is -0.481 e. The van der Waals surface area contributed by atoms with Crippen molar-refractivity contribution in [2.75, 3.05) is 0 Å². The van der Waals surface area contributed by atoms with Crippen LogP contribution >= 0.6 is 11.6 Å². The Morgan fingerprint density at radius 2 is 1.92 bits per heavy atom. The van der Waals surface area contributed by atoms with Gasteiger partial charge in [0.15, 0.2) is 6.10 Å². The van der Waals surface area contributed by atoms with Crippen molar-refractivity contribution in [3.05, 3.63) is 64.2 Å². The van der Waals surface area contributed by atoms with E-state index >= 15 is 0 Å². The molecule has 0 aliphatic carbocycles. The van der Waals surface area contributed by atoms with E-state index in [1.807, 2.05) is 19.9 Å². The summed E-state index contributed by atoms with van der Waals surface area (Å²) < 4.78 is 5.79. The monoisotopic (exact) mass is 345 g/mol. The zero-order valence-electron chi connectivity index (χ0n) is 14.6. The van der Waals surface area contributed by atoms with Gasteiger partial charge in [0, 0.05) is 5.02 Å². The van der Waals surface area contributed by atoms with Crippen molar-refractivity contribution in [2.24, 2.45) is 0 Å². The SMILES string of the molecule is CC[C@H](Oc1cccc(Cl)c1)C(=O)N[C@H](C)c1ccc(C)c(C)c1. The summed E-state index contributed by atoms with van der Waals surface area (Å²) in [4.78, 5) is 12.5. The second-order valence-electron chi connectivity index (χ2n) is 6.05. The van der Waals surface area contributed by atoms with E-state index in [-0.39, 0.29) is 11.9 Å². The number of carbonyl (C=O) groups excluding carboxylic acids is 1. The summed E-state index contributed by atoms with van der Waals surface area (Å²) in [6.07, 6.45) is 0.0373. The third kappa shape index (κ3) is 4.75. The molecule has 4 heteroatoms. The molecular formula is C20H24ClNO2. The fourth-order valence-corrected chi connectivity index (χ4v) is 2.63. The normalized spacial score (nSPS) is 13.2. The van der Waals surface area contributed by atoms with E-state index in [2.05, 4.69) is 31.3 Å². The minimum absolute atomic E-state index is 0.0752. The van der Waals surface area contributed by atoms with E-state index in [9.17, 15) is 4.79 Å². The Balaban J connectivity index is 2.04. The van der Waals surface area contributed by atoms with Crippen molar-refractivity contribution in [1.82, 2.24) is 5.32 Å². The Bertz CT molecular complexity index is 715. The third-order valence-electron chi connectivity index (χ3n) is 4.13. The molecular weight excluding hydrogens is 322 g/mol. The van der Waals surface area contributed by atoms with Gasteiger partial charge in [-0.3, -0.25) is 4.79 Å². The van der Waals surface area contributed by atoms with Crippen molar-refractivity contribution < 1.29 is 9.53 Å². The average Bonchev–Trinajstić information content (AvgIpc) is 2.55. The summed E-state index contributed by atoms with van der Waals surface area (Å²) in [5.74, 6) is 0.478. The maximum absolute atomic E-state index is 12.5. The van der Waals surface area contributed by atoms with Crippen LogP contribution in [0.1, 0.15) is 43.0 Å². The first kappa shape index (κ1) is 18.3. The number of carbonyl (C=O) groups is 1. The predicted molar refractivity (Wildman–Crippen MR) is 98.6 cm³/mol. The summed E-state index contributed by atoms with van der Waals surface area (Å²) >= 11 is 5.96. The van der Waals surface area contributed by atoms with Crippen molar-refractivity contribution in [2.45, 2.75) is 46.3 Å². The van der Waals surface area contributed by atoms with Crippen molar-refractivity contribution in [1.29, 1.82) is 0 Å². The Kier molecular flexibility index (Phi) is 6.27. The molecule has 0 bridgehead atoms. The number of benzene rings is 2. The topological polar surface area (TPSA) is 38.3 Å². The first-order valence-corrected chi connectivity index (χ1v) is 8.58. The van der Waals surface area contributed by atoms with Gasteiger partial charge in [0.1, 0.15) is 5.75 Å². The van der Waals surface area contributed by atoms with Gasteiger partial charge < -0.3 is 10.1 Å².